The molecular weight excluding hydrogens is 1130 g/mol. The summed E-state index contributed by atoms with van der Waals surface area (Å²) >= 11 is 25.6. The van der Waals surface area contributed by atoms with E-state index in [0.717, 1.165) is 0 Å². The quantitative estimate of drug-likeness (QED) is 0.0245. The molecule has 10 N–H and O–H groups in total. The van der Waals surface area contributed by atoms with Crippen molar-refractivity contribution >= 4 is 139 Å². The van der Waals surface area contributed by atoms with Crippen molar-refractivity contribution in [1.29, 1.82) is 0 Å². The van der Waals surface area contributed by atoms with Crippen LogP contribution >= 0.6 is 46.4 Å². The fraction of sp³-hybridized carbons (Fsp3) is 0.294. The van der Waals surface area contributed by atoms with Gasteiger partial charge in [0.15, 0.2) is 32.6 Å². The van der Waals surface area contributed by atoms with Crippen LogP contribution in [0, 0.1) is 0 Å². The topological polar surface area (TPSA) is 433 Å². The van der Waals surface area contributed by atoms with Crippen LogP contribution in [0.2, 0.25) is 20.6 Å². The Hall–Kier alpha value is -5.60. The zero-order valence-corrected chi connectivity index (χ0v) is 42.1. The summed E-state index contributed by atoms with van der Waals surface area (Å²) in [5.41, 5.74) is -0.767. The molecule has 0 spiro atoms. The Bertz CT molecular complexity index is 3570. The number of aromatic nitrogens is 7. The van der Waals surface area contributed by atoms with Gasteiger partial charge in [-0.1, -0.05) is 23.2 Å². The van der Waals surface area contributed by atoms with Gasteiger partial charge < -0.3 is 41.1 Å². The highest BCUT2D eigenvalue weighted by Gasteiger charge is 2.35. The minimum absolute atomic E-state index is 0.0112. The van der Waals surface area contributed by atoms with Crippen LogP contribution in [0.5, 0.6) is 11.5 Å². The van der Waals surface area contributed by atoms with Crippen LogP contribution in [-0.2, 0) is 49.4 Å². The molecule has 72 heavy (non-hydrogen) atoms. The molecule has 0 amide bonds. The van der Waals surface area contributed by atoms with Crippen molar-refractivity contribution in [3.8, 4) is 23.0 Å². The Morgan fingerprint density at radius 2 is 1.12 bits per heavy atom. The lowest BCUT2D eigenvalue weighted by Crippen LogP contribution is -2.19. The molecule has 2 aliphatic heterocycles. The molecule has 2 aromatic carbocycles. The average Bonchev–Trinajstić information content (AvgIpc) is 3.28. The number of hydrogen-bond acceptors (Lipinski definition) is 26. The highest BCUT2D eigenvalue weighted by Crippen LogP contribution is 2.55. The van der Waals surface area contributed by atoms with E-state index in [4.69, 9.17) is 64.7 Å². The lowest BCUT2D eigenvalue weighted by Gasteiger charge is -2.27. The molecule has 0 bridgehead atoms. The van der Waals surface area contributed by atoms with Crippen LogP contribution in [0.4, 0.5) is 40.9 Å². The smallest absolute Gasteiger partial charge is 0.397 e. The van der Waals surface area contributed by atoms with E-state index in [-0.39, 0.29) is 141 Å². The molecule has 30 nitrogen and oxygen atoms in total. The van der Waals surface area contributed by atoms with Gasteiger partial charge in [-0.25, -0.2) is 13.4 Å². The minimum Gasteiger partial charge on any atom is -0.450 e. The average molecular weight is 1160 g/mol. The van der Waals surface area contributed by atoms with E-state index in [0.29, 0.717) is 6.42 Å². The van der Waals surface area contributed by atoms with Crippen molar-refractivity contribution in [2.45, 2.75) is 22.6 Å². The van der Waals surface area contributed by atoms with E-state index < -0.39 is 69.8 Å². The third-order valence-corrected chi connectivity index (χ3v) is 13.0. The van der Waals surface area contributed by atoms with Gasteiger partial charge in [-0.2, -0.15) is 63.6 Å². The summed E-state index contributed by atoms with van der Waals surface area (Å²) in [6, 6.07) is 5.32. The van der Waals surface area contributed by atoms with E-state index in [9.17, 15) is 42.8 Å². The van der Waals surface area contributed by atoms with Crippen LogP contribution in [0.1, 0.15) is 12.8 Å². The van der Waals surface area contributed by atoms with Crippen LogP contribution < -0.4 is 42.0 Å². The van der Waals surface area contributed by atoms with Crippen molar-refractivity contribution < 1.29 is 69.4 Å². The van der Waals surface area contributed by atoms with Gasteiger partial charge in [0.25, 0.3) is 10.1 Å². The number of hydrogen-bond donors (Lipinski definition) is 10. The van der Waals surface area contributed by atoms with Crippen LogP contribution in [-0.4, -0.2) is 139 Å². The fourth-order valence-electron chi connectivity index (χ4n) is 6.38. The molecule has 1 aliphatic carbocycles. The summed E-state index contributed by atoms with van der Waals surface area (Å²) in [7, 11) is -19.4. The zero-order chi connectivity index (χ0) is 52.2. The molecule has 2 aromatic heterocycles. The second kappa shape index (κ2) is 22.3. The number of rotatable bonds is 23. The number of nitrogens with zero attached hydrogens (tertiary/aromatic N) is 8. The molecule has 7 rings (SSSR count). The lowest BCUT2D eigenvalue weighted by molar-refractivity contribution is 0.277. The van der Waals surface area contributed by atoms with Gasteiger partial charge in [-0.3, -0.25) is 23.2 Å². The number of nitrogens with one attached hydrogen (secondary N) is 6. The van der Waals surface area contributed by atoms with Crippen LogP contribution in [0.15, 0.2) is 43.5 Å². The third kappa shape index (κ3) is 13.9. The second-order valence-corrected chi connectivity index (χ2v) is 20.5. The lowest BCUT2D eigenvalue weighted by atomic mass is 10.1. The van der Waals surface area contributed by atoms with Crippen molar-refractivity contribution in [2.75, 3.05) is 84.4 Å². The summed E-state index contributed by atoms with van der Waals surface area (Å²) in [4.78, 5) is 31.1. The first-order chi connectivity index (χ1) is 33.8. The molecule has 0 fully saturated rings. The van der Waals surface area contributed by atoms with Gasteiger partial charge >= 0.3 is 30.9 Å². The molecule has 4 heterocycles. The van der Waals surface area contributed by atoms with Gasteiger partial charge in [0.05, 0.1) is 29.9 Å². The molecule has 3 aliphatic rings. The number of anilines is 7. The van der Waals surface area contributed by atoms with E-state index in [2.05, 4.69) is 80.1 Å². The molecule has 0 saturated heterocycles. The predicted octanol–water partition coefficient (Wildman–Crippen LogP) is 4.04. The van der Waals surface area contributed by atoms with Crippen molar-refractivity contribution in [3.05, 3.63) is 50.2 Å². The molecule has 388 valence electrons. The van der Waals surface area contributed by atoms with Gasteiger partial charge in [0.1, 0.15) is 26.9 Å². The maximum Gasteiger partial charge on any atom is 0.397 e. The predicted molar refractivity (Wildman–Crippen MR) is 257 cm³/mol. The monoisotopic (exact) mass is 1160 g/mol. The van der Waals surface area contributed by atoms with Crippen molar-refractivity contribution in [1.82, 2.24) is 34.9 Å². The van der Waals surface area contributed by atoms with Crippen LogP contribution in [0.3, 0.4) is 0 Å². The van der Waals surface area contributed by atoms with E-state index in [1.54, 1.807) is 0 Å². The summed E-state index contributed by atoms with van der Waals surface area (Å²) < 4.78 is 153. The summed E-state index contributed by atoms with van der Waals surface area (Å²) in [5.74, 6) is -1.14. The third-order valence-electron chi connectivity index (χ3n) is 9.17. The molecule has 38 heteroatoms. The minimum atomic E-state index is -5.07. The Kier molecular flexibility index (Phi) is 16.7. The largest absolute Gasteiger partial charge is 0.450 e. The summed E-state index contributed by atoms with van der Waals surface area (Å²) in [5, 5.41) is 15.7. The van der Waals surface area contributed by atoms with Gasteiger partial charge in [-0.15, -0.1) is 0 Å². The molecular formula is C34H34Cl4N14O16S4. The first kappa shape index (κ1) is 54.2. The number of ether oxygens (including phenoxy) is 1. The molecule has 0 saturated carbocycles. The first-order valence-corrected chi connectivity index (χ1v) is 27.1. The maximum atomic E-state index is 12.9. The zero-order valence-electron chi connectivity index (χ0n) is 35.8. The molecule has 4 aromatic rings. The van der Waals surface area contributed by atoms with E-state index in [1.165, 1.54) is 24.3 Å². The Morgan fingerprint density at radius 1 is 0.597 bits per heavy atom. The van der Waals surface area contributed by atoms with Crippen molar-refractivity contribution in [3.63, 3.8) is 0 Å². The summed E-state index contributed by atoms with van der Waals surface area (Å²) in [6.45, 7) is -0.692. The maximum absolute atomic E-state index is 12.9. The summed E-state index contributed by atoms with van der Waals surface area (Å²) in [6.07, 6.45) is 0.539. The van der Waals surface area contributed by atoms with Gasteiger partial charge in [-0.05, 0) is 60.3 Å². The first-order valence-electron chi connectivity index (χ1n) is 20.0. The molecule has 0 radical (unpaired) electrons. The standard InChI is InChI=1S/C34H34Cl4N14O16S4/c35-19-22-26(68-24-16(46-22)4-6-18(28(24)70(56,57)58)40-8-2-10-42-32-48-30(38)50-34(52-32)44-12-14-66-72(62,63)64)20(36)21-25(19)67-23-15(45-21)3-5-17(27(23)69(53,54)55)39-7-1-9-41-31-47-29(37)49-33(51-31)43-11-13-65-71(59,60)61/h3-6,39,45H,1-2,7-14H2,(H,53,54,55)(H,56,57,58)(H,59,60,61)(H,62,63,64)(H2,41,43,47,49,51)(H2,42,44,48,50,52). The van der Waals surface area contributed by atoms with E-state index >= 15 is 0 Å². The highest BCUT2D eigenvalue weighted by molar-refractivity contribution is 7.86. The molecule has 0 unspecified atom stereocenters. The highest BCUT2D eigenvalue weighted by atomic mass is 35.5. The second-order valence-electron chi connectivity index (χ2n) is 14.2. The van der Waals surface area contributed by atoms with Gasteiger partial charge in [0.2, 0.25) is 34.4 Å². The van der Waals surface area contributed by atoms with E-state index in [1.807, 2.05) is 0 Å². The Labute approximate surface area is 426 Å². The fourth-order valence-corrected chi connectivity index (χ4v) is 9.39. The number of fused-ring (bicyclic) bond motifs is 4. The SMILES string of the molecule is O=S(=O)(O)OCCNc1nc(Cl)nc(NCCCN=c2ccc3nc4c(Cl)c5c(c(Cl)c4oc-3c2S(=O)(=O)O)Nc2ccc(NCCCNc3nc(Cl)nc(NCCOS(=O)(=O)O)n3)c(S(=O)(=O)O)c2O5)n1. The molecule has 0 atom stereocenters. The normalized spacial score (nSPS) is 13.0. The number of halogens is 4. The Balaban J connectivity index is 1.06. The van der Waals surface area contributed by atoms with Crippen LogP contribution in [0.25, 0.3) is 22.6 Å². The Morgan fingerprint density at radius 3 is 1.67 bits per heavy atom. The van der Waals surface area contributed by atoms with Crippen molar-refractivity contribution in [2.24, 2.45) is 4.99 Å². The van der Waals surface area contributed by atoms with Gasteiger partial charge in [0, 0.05) is 39.3 Å². The number of benzene rings is 3.